The first-order valence-electron chi connectivity index (χ1n) is 6.72. The summed E-state index contributed by atoms with van der Waals surface area (Å²) in [5.41, 5.74) is 0.141. The minimum absolute atomic E-state index is 0.114. The molecule has 0 aromatic carbocycles. The van der Waals surface area contributed by atoms with Crippen LogP contribution in [0.15, 0.2) is 22.9 Å². The average Bonchev–Trinajstić information content (AvgIpc) is 3.01. The van der Waals surface area contributed by atoms with Gasteiger partial charge in [-0.3, -0.25) is 4.79 Å². The number of methoxy groups -OCH3 is 1. The lowest BCUT2D eigenvalue weighted by Crippen LogP contribution is -2.26. The molecule has 1 unspecified atom stereocenters. The van der Waals surface area contributed by atoms with E-state index in [1.165, 1.54) is 30.3 Å². The Morgan fingerprint density at radius 1 is 1.43 bits per heavy atom. The predicted octanol–water partition coefficient (Wildman–Crippen LogP) is 1.14. The number of nitrogens with zero attached hydrogens (tertiary/aromatic N) is 4. The second-order valence-electron chi connectivity index (χ2n) is 4.82. The van der Waals surface area contributed by atoms with Crippen molar-refractivity contribution in [3.8, 4) is 0 Å². The van der Waals surface area contributed by atoms with Gasteiger partial charge in [0, 0.05) is 20.4 Å². The number of aromatic nitrogens is 3. The Bertz CT molecular complexity index is 697. The number of hydrogen-bond donors (Lipinski definition) is 1. The molecule has 0 aliphatic carbocycles. The molecule has 2 aromatic heterocycles. The normalized spacial score (nSPS) is 12.0. The number of rotatable bonds is 6. The summed E-state index contributed by atoms with van der Waals surface area (Å²) in [7, 11) is 3.10. The van der Waals surface area contributed by atoms with E-state index in [-0.39, 0.29) is 35.7 Å². The third kappa shape index (κ3) is 3.89. The molecule has 2 rings (SSSR count). The van der Waals surface area contributed by atoms with Crippen LogP contribution >= 0.6 is 0 Å². The highest BCUT2D eigenvalue weighted by Crippen LogP contribution is 2.13. The zero-order chi connectivity index (χ0) is 17.0. The van der Waals surface area contributed by atoms with Crippen LogP contribution in [0.4, 0.5) is 0 Å². The van der Waals surface area contributed by atoms with E-state index in [9.17, 15) is 9.59 Å². The lowest BCUT2D eigenvalue weighted by atomic mass is 10.2. The van der Waals surface area contributed by atoms with E-state index in [0.29, 0.717) is 5.82 Å². The highest BCUT2D eigenvalue weighted by molar-refractivity contribution is 5.94. The number of carboxylic acid groups (broad SMARTS) is 1. The molecule has 2 heterocycles. The van der Waals surface area contributed by atoms with E-state index in [4.69, 9.17) is 14.4 Å². The van der Waals surface area contributed by atoms with Crippen molar-refractivity contribution in [2.45, 2.75) is 19.6 Å². The van der Waals surface area contributed by atoms with Crippen LogP contribution in [-0.2, 0) is 11.3 Å². The summed E-state index contributed by atoms with van der Waals surface area (Å²) >= 11 is 0. The van der Waals surface area contributed by atoms with E-state index in [0.717, 1.165) is 0 Å². The van der Waals surface area contributed by atoms with Gasteiger partial charge in [0.2, 0.25) is 5.89 Å². The maximum absolute atomic E-state index is 12.3. The molecule has 0 bridgehead atoms. The van der Waals surface area contributed by atoms with Gasteiger partial charge in [-0.25, -0.2) is 9.78 Å². The third-order valence-corrected chi connectivity index (χ3v) is 3.15. The number of carboxylic acids is 1. The highest BCUT2D eigenvalue weighted by atomic mass is 16.5. The van der Waals surface area contributed by atoms with Gasteiger partial charge in [-0.05, 0) is 19.1 Å². The molecule has 1 amide bonds. The second kappa shape index (κ2) is 6.97. The summed E-state index contributed by atoms with van der Waals surface area (Å²) in [6, 6.07) is 2.68. The molecule has 23 heavy (non-hydrogen) atoms. The maximum atomic E-state index is 12.3. The Balaban J connectivity index is 2.04. The Morgan fingerprint density at radius 3 is 2.74 bits per heavy atom. The van der Waals surface area contributed by atoms with Crippen molar-refractivity contribution in [3.05, 3.63) is 41.3 Å². The summed E-state index contributed by atoms with van der Waals surface area (Å²) in [4.78, 5) is 32.2. The van der Waals surface area contributed by atoms with Crippen molar-refractivity contribution in [1.29, 1.82) is 0 Å². The van der Waals surface area contributed by atoms with Crippen molar-refractivity contribution in [3.63, 3.8) is 0 Å². The fourth-order valence-corrected chi connectivity index (χ4v) is 1.74. The highest BCUT2D eigenvalue weighted by Gasteiger charge is 2.18. The van der Waals surface area contributed by atoms with Gasteiger partial charge in [0.15, 0.2) is 5.82 Å². The van der Waals surface area contributed by atoms with Gasteiger partial charge in [-0.1, -0.05) is 5.16 Å². The zero-order valence-corrected chi connectivity index (χ0v) is 12.9. The van der Waals surface area contributed by atoms with Crippen molar-refractivity contribution in [2.24, 2.45) is 0 Å². The van der Waals surface area contributed by atoms with Crippen LogP contribution in [0.25, 0.3) is 0 Å². The molecule has 0 aliphatic rings. The minimum Gasteiger partial charge on any atom is -0.477 e. The van der Waals surface area contributed by atoms with Gasteiger partial charge >= 0.3 is 5.97 Å². The molecule has 9 nitrogen and oxygen atoms in total. The summed E-state index contributed by atoms with van der Waals surface area (Å²) in [5, 5.41) is 12.6. The van der Waals surface area contributed by atoms with E-state index < -0.39 is 5.97 Å². The largest absolute Gasteiger partial charge is 0.477 e. The smallest absolute Gasteiger partial charge is 0.354 e. The quantitative estimate of drug-likeness (QED) is 0.841. The summed E-state index contributed by atoms with van der Waals surface area (Å²) in [6.07, 6.45) is 0.912. The molecule has 122 valence electrons. The fourth-order valence-electron chi connectivity index (χ4n) is 1.74. The van der Waals surface area contributed by atoms with Crippen LogP contribution in [0.1, 0.15) is 45.6 Å². The van der Waals surface area contributed by atoms with E-state index in [1.807, 2.05) is 0 Å². The van der Waals surface area contributed by atoms with Gasteiger partial charge in [0.1, 0.15) is 11.8 Å². The molecule has 0 aliphatic heterocycles. The first-order valence-corrected chi connectivity index (χ1v) is 6.72. The minimum atomic E-state index is -1.15. The number of hydrogen-bond acceptors (Lipinski definition) is 7. The van der Waals surface area contributed by atoms with Crippen LogP contribution in [-0.4, -0.2) is 51.2 Å². The number of amides is 1. The van der Waals surface area contributed by atoms with Crippen molar-refractivity contribution >= 4 is 11.9 Å². The first-order chi connectivity index (χ1) is 10.9. The van der Waals surface area contributed by atoms with Crippen LogP contribution in [0.5, 0.6) is 0 Å². The number of carbonyl (C=O) groups excluding carboxylic acids is 1. The van der Waals surface area contributed by atoms with Crippen molar-refractivity contribution in [1.82, 2.24) is 20.0 Å². The summed E-state index contributed by atoms with van der Waals surface area (Å²) in [6.45, 7) is 1.89. The van der Waals surface area contributed by atoms with Crippen LogP contribution < -0.4 is 0 Å². The summed E-state index contributed by atoms with van der Waals surface area (Å²) in [5.74, 6) is -0.817. The molecular formula is C14H16N4O5. The van der Waals surface area contributed by atoms with E-state index in [2.05, 4.69) is 15.1 Å². The molecule has 1 N–H and O–H groups in total. The SMILES string of the molecule is COC(C)c1noc(CN(C)C(=O)c2ccc(C(=O)O)nc2)n1. The molecule has 0 saturated carbocycles. The molecule has 0 fully saturated rings. The van der Waals surface area contributed by atoms with Gasteiger partial charge < -0.3 is 19.3 Å². The van der Waals surface area contributed by atoms with Gasteiger partial charge in [-0.15, -0.1) is 0 Å². The molecule has 9 heteroatoms. The molecule has 2 aromatic rings. The third-order valence-electron chi connectivity index (χ3n) is 3.15. The van der Waals surface area contributed by atoms with Gasteiger partial charge in [0.05, 0.1) is 12.1 Å². The number of pyridine rings is 1. The Morgan fingerprint density at radius 2 is 2.17 bits per heavy atom. The predicted molar refractivity (Wildman–Crippen MR) is 76.7 cm³/mol. The van der Waals surface area contributed by atoms with Gasteiger partial charge in [0.25, 0.3) is 5.91 Å². The molecule has 1 atom stereocenters. The van der Waals surface area contributed by atoms with Crippen molar-refractivity contribution in [2.75, 3.05) is 14.2 Å². The van der Waals surface area contributed by atoms with Crippen LogP contribution in [0.2, 0.25) is 0 Å². The number of ether oxygens (including phenoxy) is 1. The van der Waals surface area contributed by atoms with Gasteiger partial charge in [-0.2, -0.15) is 4.98 Å². The molecule has 0 radical (unpaired) electrons. The number of carbonyl (C=O) groups is 2. The Labute approximate surface area is 131 Å². The molecule has 0 saturated heterocycles. The molecular weight excluding hydrogens is 304 g/mol. The second-order valence-corrected chi connectivity index (χ2v) is 4.82. The monoisotopic (exact) mass is 320 g/mol. The standard InChI is InChI=1S/C14H16N4O5/c1-8(22-3)12-16-11(23-17-12)7-18(2)13(19)9-4-5-10(14(20)21)15-6-9/h4-6,8H,7H2,1-3H3,(H,20,21). The van der Waals surface area contributed by atoms with Crippen LogP contribution in [0.3, 0.4) is 0 Å². The van der Waals surface area contributed by atoms with Crippen molar-refractivity contribution < 1.29 is 24.0 Å². The number of aromatic carboxylic acids is 1. The lowest BCUT2D eigenvalue weighted by molar-refractivity contribution is 0.0688. The lowest BCUT2D eigenvalue weighted by Gasteiger charge is -2.14. The van der Waals surface area contributed by atoms with E-state index in [1.54, 1.807) is 14.0 Å². The van der Waals surface area contributed by atoms with Crippen LogP contribution in [0, 0.1) is 0 Å². The Kier molecular flexibility index (Phi) is 5.02. The zero-order valence-electron chi connectivity index (χ0n) is 12.9. The first kappa shape index (κ1) is 16.6. The van der Waals surface area contributed by atoms with E-state index >= 15 is 0 Å². The topological polar surface area (TPSA) is 119 Å². The fraction of sp³-hybridized carbons (Fsp3) is 0.357. The summed E-state index contributed by atoms with van der Waals surface area (Å²) < 4.78 is 10.1. The maximum Gasteiger partial charge on any atom is 0.354 e. The average molecular weight is 320 g/mol. The molecule has 0 spiro atoms. The Hall–Kier alpha value is -2.81.